The normalized spacial score (nSPS) is 28.8. The molecule has 3 rings (SSSR count). The zero-order chi connectivity index (χ0) is 16.8. The van der Waals surface area contributed by atoms with Crippen LogP contribution >= 0.6 is 0 Å². The molecule has 0 radical (unpaired) electrons. The Bertz CT molecular complexity index is 686. The van der Waals surface area contributed by atoms with Crippen LogP contribution in [0.4, 0.5) is 18.9 Å². The third-order valence-electron chi connectivity index (χ3n) is 3.94. The molecule has 1 fully saturated rings. The molecule has 1 amide bonds. The number of carbonyl (C=O) groups is 2. The van der Waals surface area contributed by atoms with Crippen LogP contribution in [0.2, 0.25) is 0 Å². The van der Waals surface area contributed by atoms with E-state index in [2.05, 4.69) is 5.32 Å². The van der Waals surface area contributed by atoms with Crippen LogP contribution in [0, 0.1) is 11.8 Å². The number of nitrogens with one attached hydrogen (secondary N) is 1. The first-order valence-corrected chi connectivity index (χ1v) is 6.82. The van der Waals surface area contributed by atoms with E-state index in [0.29, 0.717) is 0 Å². The van der Waals surface area contributed by atoms with Crippen LogP contribution in [-0.2, 0) is 20.5 Å². The van der Waals surface area contributed by atoms with Crippen molar-refractivity contribution in [3.05, 3.63) is 42.0 Å². The number of fused-ring (bicyclic) bond motifs is 2. The highest BCUT2D eigenvalue weighted by atomic mass is 19.4. The van der Waals surface area contributed by atoms with Crippen molar-refractivity contribution in [2.45, 2.75) is 18.4 Å². The molecule has 5 nitrogen and oxygen atoms in total. The molecule has 0 aliphatic carbocycles. The second-order valence-electron chi connectivity index (χ2n) is 5.41. The van der Waals surface area contributed by atoms with Crippen LogP contribution in [0.15, 0.2) is 36.4 Å². The highest BCUT2D eigenvalue weighted by Gasteiger charge is 2.53. The molecule has 0 unspecified atom stereocenters. The summed E-state index contributed by atoms with van der Waals surface area (Å²) in [7, 11) is 0. The lowest BCUT2D eigenvalue weighted by Crippen LogP contribution is -2.39. The molecule has 1 saturated heterocycles. The Morgan fingerprint density at radius 1 is 1.13 bits per heavy atom. The molecule has 2 bridgehead atoms. The van der Waals surface area contributed by atoms with Gasteiger partial charge in [-0.2, -0.15) is 13.2 Å². The lowest BCUT2D eigenvalue weighted by atomic mass is 9.82. The molecule has 23 heavy (non-hydrogen) atoms. The molecule has 0 aromatic heterocycles. The van der Waals surface area contributed by atoms with Crippen molar-refractivity contribution >= 4 is 17.6 Å². The maximum Gasteiger partial charge on any atom is 0.416 e. The second-order valence-corrected chi connectivity index (χ2v) is 5.41. The molecule has 2 N–H and O–H groups in total. The number of carboxylic acid groups (broad SMARTS) is 1. The van der Waals surface area contributed by atoms with Gasteiger partial charge in [0.15, 0.2) is 0 Å². The summed E-state index contributed by atoms with van der Waals surface area (Å²) in [5, 5.41) is 11.6. The average Bonchev–Trinajstić information content (AvgIpc) is 3.07. The van der Waals surface area contributed by atoms with Gasteiger partial charge in [-0.3, -0.25) is 9.59 Å². The summed E-state index contributed by atoms with van der Waals surface area (Å²) in [5.74, 6) is -3.87. The summed E-state index contributed by atoms with van der Waals surface area (Å²) in [6.45, 7) is 0. The summed E-state index contributed by atoms with van der Waals surface area (Å²) < 4.78 is 43.4. The van der Waals surface area contributed by atoms with Crippen molar-refractivity contribution in [2.75, 3.05) is 5.32 Å². The van der Waals surface area contributed by atoms with Crippen molar-refractivity contribution in [3.63, 3.8) is 0 Å². The van der Waals surface area contributed by atoms with Crippen LogP contribution < -0.4 is 5.32 Å². The average molecular weight is 327 g/mol. The summed E-state index contributed by atoms with van der Waals surface area (Å²) in [4.78, 5) is 23.6. The third kappa shape index (κ3) is 2.81. The van der Waals surface area contributed by atoms with Gasteiger partial charge in [0.2, 0.25) is 5.91 Å². The fraction of sp³-hybridized carbons (Fsp3) is 0.333. The minimum atomic E-state index is -4.53. The molecule has 122 valence electrons. The summed E-state index contributed by atoms with van der Waals surface area (Å²) in [5.41, 5.74) is -0.935. The monoisotopic (exact) mass is 327 g/mol. The van der Waals surface area contributed by atoms with E-state index in [1.165, 1.54) is 12.1 Å². The molecular formula is C15H12F3NO4. The predicted octanol–water partition coefficient (Wildman–Crippen LogP) is 2.30. The number of rotatable bonds is 3. The van der Waals surface area contributed by atoms with Gasteiger partial charge in [0, 0.05) is 5.69 Å². The summed E-state index contributed by atoms with van der Waals surface area (Å²) in [6, 6.07) is 4.17. The molecule has 2 heterocycles. The minimum absolute atomic E-state index is 0.0410. The number of carbonyl (C=O) groups excluding carboxylic acids is 1. The van der Waals surface area contributed by atoms with E-state index in [0.717, 1.165) is 12.1 Å². The fourth-order valence-corrected chi connectivity index (χ4v) is 2.91. The Morgan fingerprint density at radius 3 is 2.39 bits per heavy atom. The Kier molecular flexibility index (Phi) is 3.63. The van der Waals surface area contributed by atoms with Crippen LogP contribution in [0.1, 0.15) is 5.56 Å². The number of ether oxygens (including phenoxy) is 1. The maximum atomic E-state index is 12.7. The Labute approximate surface area is 128 Å². The van der Waals surface area contributed by atoms with E-state index in [-0.39, 0.29) is 5.69 Å². The van der Waals surface area contributed by atoms with E-state index in [1.807, 2.05) is 0 Å². The first kappa shape index (κ1) is 15.5. The van der Waals surface area contributed by atoms with E-state index in [9.17, 15) is 27.9 Å². The number of alkyl halides is 3. The van der Waals surface area contributed by atoms with Gasteiger partial charge in [0.1, 0.15) is 5.92 Å². The van der Waals surface area contributed by atoms with Gasteiger partial charge in [-0.25, -0.2) is 0 Å². The molecular weight excluding hydrogens is 315 g/mol. The van der Waals surface area contributed by atoms with Crippen LogP contribution in [0.25, 0.3) is 0 Å². The number of carboxylic acids is 1. The topological polar surface area (TPSA) is 75.6 Å². The second kappa shape index (κ2) is 5.38. The maximum absolute atomic E-state index is 12.7. The van der Waals surface area contributed by atoms with Gasteiger partial charge in [-0.1, -0.05) is 18.2 Å². The van der Waals surface area contributed by atoms with Crippen molar-refractivity contribution in [1.82, 2.24) is 0 Å². The van der Waals surface area contributed by atoms with E-state index < -0.39 is 47.7 Å². The van der Waals surface area contributed by atoms with Gasteiger partial charge in [-0.05, 0) is 18.2 Å². The zero-order valence-electron chi connectivity index (χ0n) is 11.6. The molecule has 1 aromatic carbocycles. The number of halogens is 3. The molecule has 2 aliphatic heterocycles. The van der Waals surface area contributed by atoms with Gasteiger partial charge in [-0.15, -0.1) is 0 Å². The number of hydrogen-bond donors (Lipinski definition) is 2. The smallest absolute Gasteiger partial charge is 0.416 e. The Morgan fingerprint density at radius 2 is 1.78 bits per heavy atom. The molecule has 2 aliphatic rings. The summed E-state index contributed by atoms with van der Waals surface area (Å²) in [6.07, 6.45) is -2.71. The number of hydrogen-bond acceptors (Lipinski definition) is 3. The van der Waals surface area contributed by atoms with Gasteiger partial charge < -0.3 is 15.2 Å². The standard InChI is InChI=1S/C15H12F3NO4/c16-15(17,18)7-2-1-3-8(6-7)19-13(20)11-9-4-5-10(23-9)12(11)14(21)22/h1-6,9-12H,(H,19,20)(H,21,22)/t9-,10-,11+,12-/m0/s1. The lowest BCUT2D eigenvalue weighted by Gasteiger charge is -2.21. The van der Waals surface area contributed by atoms with Gasteiger partial charge >= 0.3 is 12.1 Å². The first-order chi connectivity index (χ1) is 10.8. The van der Waals surface area contributed by atoms with E-state index in [1.54, 1.807) is 12.2 Å². The van der Waals surface area contributed by atoms with Crippen molar-refractivity contribution in [1.29, 1.82) is 0 Å². The van der Waals surface area contributed by atoms with Crippen LogP contribution in [-0.4, -0.2) is 29.2 Å². The summed E-state index contributed by atoms with van der Waals surface area (Å²) >= 11 is 0. The molecule has 0 spiro atoms. The molecule has 8 heteroatoms. The lowest BCUT2D eigenvalue weighted by molar-refractivity contribution is -0.145. The van der Waals surface area contributed by atoms with Crippen molar-refractivity contribution < 1.29 is 32.6 Å². The Balaban J connectivity index is 1.80. The SMILES string of the molecule is O=C(O)[C@@H]1[C@H](C(=O)Nc2cccc(C(F)(F)F)c2)[C@@H]2C=C[C@@H]1O2. The van der Waals surface area contributed by atoms with E-state index in [4.69, 9.17) is 4.74 Å². The zero-order valence-corrected chi connectivity index (χ0v) is 11.6. The van der Waals surface area contributed by atoms with Crippen LogP contribution in [0.5, 0.6) is 0 Å². The number of anilines is 1. The van der Waals surface area contributed by atoms with Crippen LogP contribution in [0.3, 0.4) is 0 Å². The minimum Gasteiger partial charge on any atom is -0.481 e. The number of benzene rings is 1. The third-order valence-corrected chi connectivity index (χ3v) is 3.94. The predicted molar refractivity (Wildman–Crippen MR) is 72.5 cm³/mol. The highest BCUT2D eigenvalue weighted by Crippen LogP contribution is 2.40. The van der Waals surface area contributed by atoms with Crippen molar-refractivity contribution in [3.8, 4) is 0 Å². The quantitative estimate of drug-likeness (QED) is 0.835. The van der Waals surface area contributed by atoms with Gasteiger partial charge in [0.25, 0.3) is 0 Å². The first-order valence-electron chi connectivity index (χ1n) is 6.82. The largest absolute Gasteiger partial charge is 0.481 e. The van der Waals surface area contributed by atoms with Crippen molar-refractivity contribution in [2.24, 2.45) is 11.8 Å². The van der Waals surface area contributed by atoms with E-state index >= 15 is 0 Å². The molecule has 1 aromatic rings. The highest BCUT2D eigenvalue weighted by molar-refractivity contribution is 5.96. The number of aliphatic carboxylic acids is 1. The van der Waals surface area contributed by atoms with Gasteiger partial charge in [0.05, 0.1) is 23.7 Å². The molecule has 4 atom stereocenters. The fourth-order valence-electron chi connectivity index (χ4n) is 2.91. The molecule has 0 saturated carbocycles. The number of amides is 1. The Hall–Kier alpha value is -2.35.